The van der Waals surface area contributed by atoms with E-state index in [1.54, 1.807) is 0 Å². The van der Waals surface area contributed by atoms with Crippen molar-refractivity contribution in [2.75, 3.05) is 26.2 Å². The van der Waals surface area contributed by atoms with Crippen molar-refractivity contribution in [2.45, 2.75) is 50.5 Å². The third-order valence-corrected chi connectivity index (χ3v) is 6.84. The van der Waals surface area contributed by atoms with E-state index in [2.05, 4.69) is 28.0 Å². The Morgan fingerprint density at radius 3 is 2.34 bits per heavy atom. The fourth-order valence-electron chi connectivity index (χ4n) is 5.54. The Labute approximate surface area is 170 Å². The third-order valence-electron chi connectivity index (χ3n) is 6.84. The quantitative estimate of drug-likeness (QED) is 0.755. The van der Waals surface area contributed by atoms with Gasteiger partial charge in [0.25, 0.3) is 5.91 Å². The number of nitrogens with zero attached hydrogens (tertiary/aromatic N) is 2. The van der Waals surface area contributed by atoms with Crippen LogP contribution in [-0.4, -0.2) is 70.1 Å². The van der Waals surface area contributed by atoms with E-state index in [1.807, 2.05) is 0 Å². The molecule has 0 spiro atoms. The first-order chi connectivity index (χ1) is 13.9. The molecular formula is C22H28N2O5. The van der Waals surface area contributed by atoms with Crippen LogP contribution < -0.4 is 0 Å². The van der Waals surface area contributed by atoms with Gasteiger partial charge in [-0.15, -0.1) is 0 Å². The number of carboxylic acids is 2. The molecule has 1 aliphatic carbocycles. The predicted molar refractivity (Wildman–Crippen MR) is 106 cm³/mol. The van der Waals surface area contributed by atoms with E-state index in [1.165, 1.54) is 49.9 Å². The number of hydrogen-bond acceptors (Lipinski definition) is 4. The number of hydrogen-bond donors (Lipinski definition) is 2. The summed E-state index contributed by atoms with van der Waals surface area (Å²) < 4.78 is 0. The van der Waals surface area contributed by atoms with E-state index in [0.717, 1.165) is 31.0 Å². The van der Waals surface area contributed by atoms with Crippen LogP contribution in [0.2, 0.25) is 0 Å². The summed E-state index contributed by atoms with van der Waals surface area (Å²) in [5, 5.41) is 15.4. The van der Waals surface area contributed by atoms with Gasteiger partial charge in [0.15, 0.2) is 0 Å². The zero-order valence-electron chi connectivity index (χ0n) is 16.5. The zero-order valence-corrected chi connectivity index (χ0v) is 16.5. The van der Waals surface area contributed by atoms with E-state index in [4.69, 9.17) is 10.2 Å². The third kappa shape index (κ3) is 4.01. The molecule has 1 aromatic rings. The summed E-state index contributed by atoms with van der Waals surface area (Å²) in [5.41, 5.74) is 3.86. The van der Waals surface area contributed by atoms with Gasteiger partial charge in [-0.2, -0.15) is 0 Å². The van der Waals surface area contributed by atoms with Crippen molar-refractivity contribution >= 4 is 17.8 Å². The van der Waals surface area contributed by atoms with Gasteiger partial charge in [0, 0.05) is 30.6 Å². The Balaban J connectivity index is 0.000000255. The maximum atomic E-state index is 13.1. The molecule has 5 aliphatic rings. The SMILES string of the molecule is O=C(O)CC(=O)O.O=C1c2cccc3c2[C@H](CCC3)CN1[C@@H]1CN2CCC1CC2. The van der Waals surface area contributed by atoms with E-state index in [9.17, 15) is 14.4 Å². The van der Waals surface area contributed by atoms with E-state index < -0.39 is 18.4 Å². The van der Waals surface area contributed by atoms with Crippen LogP contribution in [-0.2, 0) is 16.0 Å². The Hall–Kier alpha value is -2.41. The number of carbonyl (C=O) groups is 3. The Morgan fingerprint density at radius 1 is 1.03 bits per heavy atom. The number of carbonyl (C=O) groups excluding carboxylic acids is 1. The summed E-state index contributed by atoms with van der Waals surface area (Å²) in [6, 6.07) is 6.87. The van der Waals surface area contributed by atoms with Gasteiger partial charge in [0.2, 0.25) is 0 Å². The van der Waals surface area contributed by atoms with Crippen molar-refractivity contribution in [2.24, 2.45) is 5.92 Å². The maximum Gasteiger partial charge on any atom is 0.314 e. The van der Waals surface area contributed by atoms with Crippen molar-refractivity contribution in [3.05, 3.63) is 34.9 Å². The van der Waals surface area contributed by atoms with Crippen molar-refractivity contribution in [3.63, 3.8) is 0 Å². The molecule has 7 nitrogen and oxygen atoms in total. The van der Waals surface area contributed by atoms with Gasteiger partial charge in [-0.1, -0.05) is 12.1 Å². The van der Waals surface area contributed by atoms with Crippen LogP contribution in [0.4, 0.5) is 0 Å². The first kappa shape index (κ1) is 19.9. The molecule has 3 fully saturated rings. The highest BCUT2D eigenvalue weighted by Gasteiger charge is 2.43. The molecule has 1 amide bonds. The molecule has 7 heteroatoms. The highest BCUT2D eigenvalue weighted by molar-refractivity contribution is 5.98. The smallest absolute Gasteiger partial charge is 0.314 e. The molecular weight excluding hydrogens is 372 g/mol. The lowest BCUT2D eigenvalue weighted by Gasteiger charge is -2.51. The van der Waals surface area contributed by atoms with E-state index in [0.29, 0.717) is 17.9 Å². The Kier molecular flexibility index (Phi) is 5.58. The molecule has 0 unspecified atom stereocenters. The first-order valence-corrected chi connectivity index (χ1v) is 10.5. The average Bonchev–Trinajstić information content (AvgIpc) is 2.71. The predicted octanol–water partition coefficient (Wildman–Crippen LogP) is 2.20. The van der Waals surface area contributed by atoms with Crippen LogP contribution in [0.25, 0.3) is 0 Å². The second-order valence-electron chi connectivity index (χ2n) is 8.59. The lowest BCUT2D eigenvalue weighted by molar-refractivity contribution is -0.147. The van der Waals surface area contributed by atoms with Gasteiger partial charge in [-0.3, -0.25) is 14.4 Å². The second kappa shape index (κ2) is 8.14. The minimum absolute atomic E-state index is 0.314. The van der Waals surface area contributed by atoms with Gasteiger partial charge in [-0.25, -0.2) is 0 Å². The number of aliphatic carboxylic acids is 2. The fourth-order valence-corrected chi connectivity index (χ4v) is 5.54. The van der Waals surface area contributed by atoms with Crippen LogP contribution >= 0.6 is 0 Å². The topological polar surface area (TPSA) is 98.1 Å². The fraction of sp³-hybridized carbons (Fsp3) is 0.591. The van der Waals surface area contributed by atoms with Crippen LogP contribution in [0, 0.1) is 5.92 Å². The first-order valence-electron chi connectivity index (χ1n) is 10.5. The molecule has 2 atom stereocenters. The number of fused-ring (bicyclic) bond motifs is 3. The highest BCUT2D eigenvalue weighted by Crippen LogP contribution is 2.41. The zero-order chi connectivity index (χ0) is 20.5. The standard InChI is InChI=1S/C19H24N2O.C3H4O4/c22-19-16-6-2-4-14-3-1-5-15(18(14)16)11-21(19)17-12-20-9-7-13(17)8-10-20;4-2(5)1-3(6)7/h2,4,6,13,15,17H,1,3,5,7-12H2;1H2,(H,4,5)(H,6,7)/t15-,17-;/m1./s1. The van der Waals surface area contributed by atoms with Crippen molar-refractivity contribution < 1.29 is 24.6 Å². The average molecular weight is 400 g/mol. The van der Waals surface area contributed by atoms with E-state index >= 15 is 0 Å². The molecule has 6 rings (SSSR count). The van der Waals surface area contributed by atoms with Crippen LogP contribution in [0.1, 0.15) is 59.5 Å². The second-order valence-corrected chi connectivity index (χ2v) is 8.59. The van der Waals surface area contributed by atoms with Gasteiger partial charge in [0.1, 0.15) is 6.42 Å². The summed E-state index contributed by atoms with van der Waals surface area (Å²) in [6.45, 7) is 4.57. The van der Waals surface area contributed by atoms with Gasteiger partial charge >= 0.3 is 11.9 Å². The number of piperidine rings is 3. The summed E-state index contributed by atoms with van der Waals surface area (Å²) in [6.07, 6.45) is 5.46. The van der Waals surface area contributed by atoms with E-state index in [-0.39, 0.29) is 0 Å². The monoisotopic (exact) mass is 400 g/mol. The summed E-state index contributed by atoms with van der Waals surface area (Å²) in [4.78, 5) is 36.8. The van der Waals surface area contributed by atoms with Crippen molar-refractivity contribution in [1.82, 2.24) is 9.80 Å². The molecule has 4 heterocycles. The maximum absolute atomic E-state index is 13.1. The molecule has 0 saturated carbocycles. The Bertz CT molecular complexity index is 803. The molecule has 1 aromatic carbocycles. The van der Waals surface area contributed by atoms with Crippen LogP contribution in [0.3, 0.4) is 0 Å². The van der Waals surface area contributed by atoms with Crippen LogP contribution in [0.15, 0.2) is 18.2 Å². The molecule has 3 saturated heterocycles. The van der Waals surface area contributed by atoms with Crippen molar-refractivity contribution in [1.29, 1.82) is 0 Å². The molecule has 4 aliphatic heterocycles. The lowest BCUT2D eigenvalue weighted by Crippen LogP contribution is -2.60. The Morgan fingerprint density at radius 2 is 1.76 bits per heavy atom. The summed E-state index contributed by atoms with van der Waals surface area (Å²) >= 11 is 0. The number of amides is 1. The molecule has 0 aromatic heterocycles. The largest absolute Gasteiger partial charge is 0.481 e. The summed E-state index contributed by atoms with van der Waals surface area (Å²) in [7, 11) is 0. The van der Waals surface area contributed by atoms with Gasteiger partial charge < -0.3 is 20.0 Å². The number of aryl methyl sites for hydroxylation is 1. The minimum Gasteiger partial charge on any atom is -0.481 e. The molecule has 0 radical (unpaired) electrons. The molecule has 156 valence electrons. The molecule has 2 bridgehead atoms. The number of benzene rings is 1. The van der Waals surface area contributed by atoms with Gasteiger partial charge in [0.05, 0.1) is 0 Å². The van der Waals surface area contributed by atoms with Crippen LogP contribution in [0.5, 0.6) is 0 Å². The molecule has 29 heavy (non-hydrogen) atoms. The number of carboxylic acid groups (broad SMARTS) is 2. The minimum atomic E-state index is -1.31. The normalized spacial score (nSPS) is 29.5. The summed E-state index contributed by atoms with van der Waals surface area (Å²) in [5.74, 6) is -0.982. The lowest BCUT2D eigenvalue weighted by atomic mass is 9.75. The van der Waals surface area contributed by atoms with Crippen molar-refractivity contribution in [3.8, 4) is 0 Å². The highest BCUT2D eigenvalue weighted by atomic mass is 16.4. The molecule has 2 N–H and O–H groups in total. The number of rotatable bonds is 3. The van der Waals surface area contributed by atoms with Gasteiger partial charge in [-0.05, 0) is 68.3 Å².